The van der Waals surface area contributed by atoms with Gasteiger partial charge in [0, 0.05) is 19.1 Å². The SMILES string of the molecule is CC(C)C1CCN(c2ncc(NC3C4CC5CC3CC(CN)(C5)C4)cn2)CC1. The lowest BCUT2D eigenvalue weighted by Crippen LogP contribution is -2.57. The van der Waals surface area contributed by atoms with Crippen molar-refractivity contribution in [3.8, 4) is 0 Å². The van der Waals surface area contributed by atoms with E-state index in [4.69, 9.17) is 15.7 Å². The van der Waals surface area contributed by atoms with E-state index >= 15 is 0 Å². The molecule has 0 aromatic carbocycles. The number of aromatic nitrogens is 2. The molecule has 0 spiro atoms. The number of piperidine rings is 1. The molecule has 2 atom stereocenters. The molecule has 154 valence electrons. The summed E-state index contributed by atoms with van der Waals surface area (Å²) >= 11 is 0. The van der Waals surface area contributed by atoms with Gasteiger partial charge in [-0.15, -0.1) is 0 Å². The van der Waals surface area contributed by atoms with Crippen LogP contribution in [-0.4, -0.2) is 35.6 Å². The predicted molar refractivity (Wildman–Crippen MR) is 114 cm³/mol. The second-order valence-electron chi connectivity index (χ2n) is 10.7. The van der Waals surface area contributed by atoms with Crippen molar-refractivity contribution in [1.29, 1.82) is 0 Å². The summed E-state index contributed by atoms with van der Waals surface area (Å²) in [7, 11) is 0. The second kappa shape index (κ2) is 7.16. The molecule has 3 N–H and O–H groups in total. The predicted octanol–water partition coefficient (Wildman–Crippen LogP) is 3.91. The van der Waals surface area contributed by atoms with Gasteiger partial charge in [0.05, 0.1) is 18.1 Å². The van der Waals surface area contributed by atoms with Gasteiger partial charge < -0.3 is 16.0 Å². The fourth-order valence-corrected chi connectivity index (χ4v) is 7.20. The Morgan fingerprint density at radius 1 is 1.11 bits per heavy atom. The van der Waals surface area contributed by atoms with Gasteiger partial charge in [0.1, 0.15) is 0 Å². The number of anilines is 2. The molecule has 1 saturated heterocycles. The van der Waals surface area contributed by atoms with Gasteiger partial charge in [-0.1, -0.05) is 13.8 Å². The summed E-state index contributed by atoms with van der Waals surface area (Å²) in [4.78, 5) is 11.8. The first-order valence-corrected chi connectivity index (χ1v) is 11.6. The molecule has 0 radical (unpaired) electrons. The van der Waals surface area contributed by atoms with Gasteiger partial charge in [0.2, 0.25) is 5.95 Å². The molecule has 1 aromatic heterocycles. The van der Waals surface area contributed by atoms with E-state index in [9.17, 15) is 0 Å². The van der Waals surface area contributed by atoms with Crippen LogP contribution in [0.5, 0.6) is 0 Å². The van der Waals surface area contributed by atoms with Gasteiger partial charge in [-0.05, 0) is 86.5 Å². The Labute approximate surface area is 169 Å². The quantitative estimate of drug-likeness (QED) is 0.807. The Morgan fingerprint density at radius 3 is 2.32 bits per heavy atom. The second-order valence-corrected chi connectivity index (χ2v) is 10.7. The van der Waals surface area contributed by atoms with Gasteiger partial charge in [-0.2, -0.15) is 0 Å². The van der Waals surface area contributed by atoms with Crippen molar-refractivity contribution in [2.45, 2.75) is 64.8 Å². The molecule has 5 fully saturated rings. The number of nitrogens with two attached hydrogens (primary N) is 1. The van der Waals surface area contributed by atoms with E-state index in [-0.39, 0.29) is 0 Å². The minimum atomic E-state index is 0.456. The zero-order valence-corrected chi connectivity index (χ0v) is 17.6. The monoisotopic (exact) mass is 383 g/mol. The third kappa shape index (κ3) is 3.30. The van der Waals surface area contributed by atoms with Crippen LogP contribution in [-0.2, 0) is 0 Å². The molecule has 1 aromatic rings. The fourth-order valence-electron chi connectivity index (χ4n) is 7.20. The number of hydrogen-bond acceptors (Lipinski definition) is 5. The van der Waals surface area contributed by atoms with Crippen molar-refractivity contribution >= 4 is 11.6 Å². The molecule has 6 rings (SSSR count). The van der Waals surface area contributed by atoms with E-state index in [0.29, 0.717) is 11.5 Å². The summed E-state index contributed by atoms with van der Waals surface area (Å²) in [6.45, 7) is 7.75. The van der Waals surface area contributed by atoms with E-state index in [1.165, 1.54) is 44.9 Å². The maximum absolute atomic E-state index is 6.19. The Bertz CT molecular complexity index is 663. The average Bonchev–Trinajstić information content (AvgIpc) is 2.71. The van der Waals surface area contributed by atoms with Gasteiger partial charge in [0.15, 0.2) is 0 Å². The highest BCUT2D eigenvalue weighted by molar-refractivity contribution is 5.44. The summed E-state index contributed by atoms with van der Waals surface area (Å²) in [6.07, 6.45) is 13.3. The van der Waals surface area contributed by atoms with Crippen LogP contribution in [0.2, 0.25) is 0 Å². The summed E-state index contributed by atoms with van der Waals surface area (Å²) in [5.74, 6) is 5.03. The highest BCUT2D eigenvalue weighted by atomic mass is 15.3. The van der Waals surface area contributed by atoms with Crippen molar-refractivity contribution in [1.82, 2.24) is 9.97 Å². The minimum absolute atomic E-state index is 0.456. The minimum Gasteiger partial charge on any atom is -0.379 e. The molecule has 4 saturated carbocycles. The average molecular weight is 384 g/mol. The third-order valence-corrected chi connectivity index (χ3v) is 8.57. The van der Waals surface area contributed by atoms with Crippen LogP contribution >= 0.6 is 0 Å². The van der Waals surface area contributed by atoms with Crippen LogP contribution in [0.1, 0.15) is 58.8 Å². The number of nitrogens with zero attached hydrogens (tertiary/aromatic N) is 3. The highest BCUT2D eigenvalue weighted by Gasteiger charge is 2.54. The van der Waals surface area contributed by atoms with Crippen molar-refractivity contribution in [3.63, 3.8) is 0 Å². The van der Waals surface area contributed by atoms with E-state index in [1.807, 2.05) is 12.4 Å². The van der Waals surface area contributed by atoms with Gasteiger partial charge in [-0.25, -0.2) is 9.97 Å². The lowest BCUT2D eigenvalue weighted by Gasteiger charge is -2.60. The molecule has 2 unspecified atom stereocenters. The third-order valence-electron chi connectivity index (χ3n) is 8.57. The van der Waals surface area contributed by atoms with Crippen molar-refractivity contribution in [3.05, 3.63) is 12.4 Å². The lowest BCUT2D eigenvalue weighted by molar-refractivity contribution is -0.0558. The Hall–Kier alpha value is -1.36. The molecule has 28 heavy (non-hydrogen) atoms. The molecule has 5 nitrogen and oxygen atoms in total. The maximum atomic E-state index is 6.19. The van der Waals surface area contributed by atoms with Gasteiger partial charge in [0.25, 0.3) is 0 Å². The Kier molecular flexibility index (Phi) is 4.77. The fraction of sp³-hybridized carbons (Fsp3) is 0.826. The smallest absolute Gasteiger partial charge is 0.225 e. The molecule has 5 heteroatoms. The number of hydrogen-bond donors (Lipinski definition) is 2. The van der Waals surface area contributed by atoms with Crippen LogP contribution in [0.3, 0.4) is 0 Å². The molecule has 1 aliphatic heterocycles. The van der Waals surface area contributed by atoms with Gasteiger partial charge >= 0.3 is 0 Å². The van der Waals surface area contributed by atoms with Crippen LogP contribution < -0.4 is 16.0 Å². The van der Waals surface area contributed by atoms with Crippen molar-refractivity contribution in [2.24, 2.45) is 40.7 Å². The first-order chi connectivity index (χ1) is 13.5. The zero-order chi connectivity index (χ0) is 19.3. The number of nitrogens with one attached hydrogen (secondary N) is 1. The molecule has 4 bridgehead atoms. The zero-order valence-electron chi connectivity index (χ0n) is 17.6. The standard InChI is InChI=1S/C23H37N5/c1-15(2)17-3-5-28(6-4-17)22-25-12-20(13-26-22)27-21-18-7-16-8-19(21)11-23(9-16,10-18)14-24/h12-13,15-19,21,27H,3-11,14,24H2,1-2H3. The molecule has 4 aliphatic carbocycles. The van der Waals surface area contributed by atoms with E-state index in [1.54, 1.807) is 0 Å². The molecule has 0 amide bonds. The van der Waals surface area contributed by atoms with E-state index < -0.39 is 0 Å². The Morgan fingerprint density at radius 2 is 1.75 bits per heavy atom. The molecule has 5 aliphatic rings. The lowest BCUT2D eigenvalue weighted by atomic mass is 9.48. The first kappa shape index (κ1) is 18.7. The highest BCUT2D eigenvalue weighted by Crippen LogP contribution is 2.60. The summed E-state index contributed by atoms with van der Waals surface area (Å²) in [5.41, 5.74) is 7.75. The summed E-state index contributed by atoms with van der Waals surface area (Å²) in [5, 5.41) is 3.83. The Balaban J connectivity index is 1.22. The normalized spacial score (nSPS) is 37.6. The maximum Gasteiger partial charge on any atom is 0.225 e. The summed E-state index contributed by atoms with van der Waals surface area (Å²) in [6, 6.07) is 0.590. The van der Waals surface area contributed by atoms with E-state index in [2.05, 4.69) is 24.1 Å². The topological polar surface area (TPSA) is 67.1 Å². The molecule has 2 heterocycles. The van der Waals surface area contributed by atoms with Gasteiger partial charge in [-0.3, -0.25) is 0 Å². The van der Waals surface area contributed by atoms with Crippen molar-refractivity contribution < 1.29 is 0 Å². The summed E-state index contributed by atoms with van der Waals surface area (Å²) < 4.78 is 0. The molecular formula is C23H37N5. The van der Waals surface area contributed by atoms with Crippen LogP contribution in [0.25, 0.3) is 0 Å². The largest absolute Gasteiger partial charge is 0.379 e. The van der Waals surface area contributed by atoms with Crippen LogP contribution in [0.4, 0.5) is 11.6 Å². The number of rotatable bonds is 5. The van der Waals surface area contributed by atoms with Crippen LogP contribution in [0.15, 0.2) is 12.4 Å². The van der Waals surface area contributed by atoms with Crippen LogP contribution in [0, 0.1) is 35.0 Å². The van der Waals surface area contributed by atoms with E-state index in [0.717, 1.165) is 60.9 Å². The van der Waals surface area contributed by atoms with Crippen molar-refractivity contribution in [2.75, 3.05) is 29.9 Å². The molecular weight excluding hydrogens is 346 g/mol. The first-order valence-electron chi connectivity index (χ1n) is 11.6.